The van der Waals surface area contributed by atoms with Crippen LogP contribution in [0.15, 0.2) is 24.3 Å². The molecule has 0 heterocycles. The van der Waals surface area contributed by atoms with Gasteiger partial charge in [0.1, 0.15) is 11.4 Å². The smallest absolute Gasteiger partial charge is 0.407 e. The predicted molar refractivity (Wildman–Crippen MR) is 92.5 cm³/mol. The summed E-state index contributed by atoms with van der Waals surface area (Å²) in [6.07, 6.45) is 3.74. The fourth-order valence-electron chi connectivity index (χ4n) is 1.69. The molecule has 0 fully saturated rings. The molecule has 0 saturated heterocycles. The van der Waals surface area contributed by atoms with Crippen LogP contribution in [0, 0.1) is 0 Å². The zero-order valence-corrected chi connectivity index (χ0v) is 14.7. The Hall–Kier alpha value is -2.21. The Kier molecular flexibility index (Phi) is 7.58. The van der Waals surface area contributed by atoms with Crippen molar-refractivity contribution in [2.45, 2.75) is 32.8 Å². The van der Waals surface area contributed by atoms with Gasteiger partial charge in [0, 0.05) is 17.1 Å². The number of halogens is 1. The number of benzene rings is 1. The van der Waals surface area contributed by atoms with Gasteiger partial charge in [0.15, 0.2) is 6.61 Å². The summed E-state index contributed by atoms with van der Waals surface area (Å²) in [4.78, 5) is 22.1. The minimum atomic E-state index is -1.06. The molecule has 0 atom stereocenters. The molecule has 1 amide bonds. The van der Waals surface area contributed by atoms with Crippen molar-refractivity contribution in [1.82, 2.24) is 5.32 Å². The molecule has 0 unspecified atom stereocenters. The maximum atomic E-state index is 11.5. The number of amides is 1. The number of alkyl carbamates (subject to hydrolysis) is 1. The minimum Gasteiger partial charge on any atom is -0.481 e. The highest BCUT2D eigenvalue weighted by atomic mass is 35.5. The lowest BCUT2D eigenvalue weighted by Gasteiger charge is -2.19. The normalized spacial score (nSPS) is 11.3. The molecule has 24 heavy (non-hydrogen) atoms. The molecule has 6 nitrogen and oxygen atoms in total. The maximum Gasteiger partial charge on any atom is 0.407 e. The van der Waals surface area contributed by atoms with Crippen LogP contribution < -0.4 is 10.1 Å². The summed E-state index contributed by atoms with van der Waals surface area (Å²) in [6, 6.07) is 4.98. The molecule has 0 aliphatic heterocycles. The molecule has 0 bridgehead atoms. The number of carboxylic acids is 1. The third kappa shape index (κ3) is 8.43. The van der Waals surface area contributed by atoms with E-state index < -0.39 is 24.3 Å². The van der Waals surface area contributed by atoms with Crippen LogP contribution in [0.5, 0.6) is 5.75 Å². The van der Waals surface area contributed by atoms with Crippen LogP contribution >= 0.6 is 11.6 Å². The number of carbonyl (C=O) groups excluding carboxylic acids is 1. The van der Waals surface area contributed by atoms with Crippen LogP contribution in [0.2, 0.25) is 5.02 Å². The van der Waals surface area contributed by atoms with Crippen molar-refractivity contribution in [2.24, 2.45) is 0 Å². The van der Waals surface area contributed by atoms with Gasteiger partial charge in [0.25, 0.3) is 0 Å². The molecule has 0 saturated carbocycles. The van der Waals surface area contributed by atoms with Gasteiger partial charge in [0.2, 0.25) is 0 Å². The van der Waals surface area contributed by atoms with E-state index in [1.165, 1.54) is 0 Å². The van der Waals surface area contributed by atoms with Crippen LogP contribution in [-0.4, -0.2) is 35.9 Å². The third-order valence-electron chi connectivity index (χ3n) is 2.60. The highest BCUT2D eigenvalue weighted by molar-refractivity contribution is 6.30. The number of ether oxygens (including phenoxy) is 2. The van der Waals surface area contributed by atoms with E-state index >= 15 is 0 Å². The second-order valence-corrected chi connectivity index (χ2v) is 6.42. The topological polar surface area (TPSA) is 84.9 Å². The lowest BCUT2D eigenvalue weighted by molar-refractivity contribution is -0.139. The fraction of sp³-hybridized carbons (Fsp3) is 0.412. The minimum absolute atomic E-state index is 0.390. The summed E-state index contributed by atoms with van der Waals surface area (Å²) in [5, 5.41) is 11.8. The van der Waals surface area contributed by atoms with E-state index in [1.807, 2.05) is 6.08 Å². The standard InChI is InChI=1S/C17H22ClNO5/c1-17(2,3)24-16(22)19-9-5-4-6-12-7-8-13(18)10-14(12)23-11-15(20)21/h4,6-8,10H,5,9,11H2,1-3H3,(H,19,22)(H,20,21). The number of carboxylic acid groups (broad SMARTS) is 1. The lowest BCUT2D eigenvalue weighted by atomic mass is 10.1. The van der Waals surface area contributed by atoms with Gasteiger partial charge < -0.3 is 19.9 Å². The number of aliphatic carboxylic acids is 1. The Morgan fingerprint density at radius 2 is 2.04 bits per heavy atom. The first kappa shape index (κ1) is 19.8. The van der Waals surface area contributed by atoms with Crippen molar-refractivity contribution >= 4 is 29.7 Å². The van der Waals surface area contributed by atoms with Gasteiger partial charge in [-0.1, -0.05) is 23.8 Å². The molecule has 1 aromatic carbocycles. The highest BCUT2D eigenvalue weighted by Gasteiger charge is 2.15. The average Bonchev–Trinajstić information content (AvgIpc) is 2.44. The van der Waals surface area contributed by atoms with Gasteiger partial charge >= 0.3 is 12.1 Å². The summed E-state index contributed by atoms with van der Waals surface area (Å²) in [7, 11) is 0. The zero-order valence-electron chi connectivity index (χ0n) is 14.0. The summed E-state index contributed by atoms with van der Waals surface area (Å²) < 4.78 is 10.3. The molecular weight excluding hydrogens is 334 g/mol. The molecule has 1 aromatic rings. The molecule has 0 radical (unpaired) electrons. The van der Waals surface area contributed by atoms with E-state index in [9.17, 15) is 9.59 Å². The van der Waals surface area contributed by atoms with Gasteiger partial charge in [-0.3, -0.25) is 0 Å². The number of hydrogen-bond acceptors (Lipinski definition) is 4. The van der Waals surface area contributed by atoms with Crippen molar-refractivity contribution in [3.63, 3.8) is 0 Å². The van der Waals surface area contributed by atoms with Gasteiger partial charge in [-0.25, -0.2) is 9.59 Å². The molecular formula is C17H22ClNO5. The highest BCUT2D eigenvalue weighted by Crippen LogP contribution is 2.24. The number of carbonyl (C=O) groups is 2. The third-order valence-corrected chi connectivity index (χ3v) is 2.84. The molecule has 0 aliphatic rings. The van der Waals surface area contributed by atoms with Gasteiger partial charge in [-0.05, 0) is 45.4 Å². The lowest BCUT2D eigenvalue weighted by Crippen LogP contribution is -2.32. The first-order valence-corrected chi connectivity index (χ1v) is 7.83. The van der Waals surface area contributed by atoms with E-state index in [0.717, 1.165) is 0 Å². The Bertz CT molecular complexity index is 607. The van der Waals surface area contributed by atoms with Gasteiger partial charge in [-0.2, -0.15) is 0 Å². The molecule has 132 valence electrons. The second kappa shape index (κ2) is 9.17. The van der Waals surface area contributed by atoms with Crippen LogP contribution in [0.25, 0.3) is 6.08 Å². The van der Waals surface area contributed by atoms with Crippen LogP contribution in [-0.2, 0) is 9.53 Å². The quantitative estimate of drug-likeness (QED) is 0.728. The molecule has 1 rings (SSSR count). The first-order chi connectivity index (χ1) is 11.2. The van der Waals surface area contributed by atoms with E-state index in [4.69, 9.17) is 26.2 Å². The van der Waals surface area contributed by atoms with E-state index in [1.54, 1.807) is 45.0 Å². The summed E-state index contributed by atoms with van der Waals surface area (Å²) in [5.74, 6) is -0.673. The predicted octanol–water partition coefficient (Wildman–Crippen LogP) is 3.73. The van der Waals surface area contributed by atoms with Crippen molar-refractivity contribution in [1.29, 1.82) is 0 Å². The second-order valence-electron chi connectivity index (χ2n) is 5.98. The summed E-state index contributed by atoms with van der Waals surface area (Å²) >= 11 is 5.89. The Labute approximate surface area is 146 Å². The van der Waals surface area contributed by atoms with E-state index in [0.29, 0.717) is 29.3 Å². The molecule has 0 aliphatic carbocycles. The maximum absolute atomic E-state index is 11.5. The van der Waals surface area contributed by atoms with Crippen molar-refractivity contribution in [2.75, 3.05) is 13.2 Å². The molecule has 0 aromatic heterocycles. The largest absolute Gasteiger partial charge is 0.481 e. The van der Waals surface area contributed by atoms with E-state index in [-0.39, 0.29) is 0 Å². The SMILES string of the molecule is CC(C)(C)OC(=O)NCCC=Cc1ccc(Cl)cc1OCC(=O)O. The van der Waals surface area contributed by atoms with Crippen LogP contribution in [0.1, 0.15) is 32.8 Å². The average molecular weight is 356 g/mol. The Morgan fingerprint density at radius 1 is 1.33 bits per heavy atom. The summed E-state index contributed by atoms with van der Waals surface area (Å²) in [5.41, 5.74) is 0.178. The van der Waals surface area contributed by atoms with Crippen LogP contribution in [0.3, 0.4) is 0 Å². The molecule has 7 heteroatoms. The summed E-state index contributed by atoms with van der Waals surface area (Å²) in [6.45, 7) is 5.37. The van der Waals surface area contributed by atoms with Gasteiger partial charge in [0.05, 0.1) is 0 Å². The zero-order chi connectivity index (χ0) is 18.2. The van der Waals surface area contributed by atoms with Crippen molar-refractivity contribution < 1.29 is 24.2 Å². The fourth-order valence-corrected chi connectivity index (χ4v) is 1.85. The first-order valence-electron chi connectivity index (χ1n) is 7.45. The monoisotopic (exact) mass is 355 g/mol. The van der Waals surface area contributed by atoms with Crippen LogP contribution in [0.4, 0.5) is 4.79 Å². The Balaban J connectivity index is 2.52. The number of rotatable bonds is 7. The van der Waals surface area contributed by atoms with E-state index in [2.05, 4.69) is 5.32 Å². The number of nitrogens with one attached hydrogen (secondary N) is 1. The molecule has 0 spiro atoms. The van der Waals surface area contributed by atoms with Crippen molar-refractivity contribution in [3.05, 3.63) is 34.9 Å². The number of hydrogen-bond donors (Lipinski definition) is 2. The van der Waals surface area contributed by atoms with Gasteiger partial charge in [-0.15, -0.1) is 0 Å². The van der Waals surface area contributed by atoms with Crippen molar-refractivity contribution in [3.8, 4) is 5.75 Å². The molecule has 2 N–H and O–H groups in total. The Morgan fingerprint density at radius 3 is 2.67 bits per heavy atom.